The van der Waals surface area contributed by atoms with Gasteiger partial charge in [-0.1, -0.05) is 6.07 Å². The molecule has 0 fully saturated rings. The van der Waals surface area contributed by atoms with Gasteiger partial charge in [-0.05, 0) is 54.4 Å². The van der Waals surface area contributed by atoms with E-state index in [1.807, 2.05) is 18.2 Å². The Bertz CT molecular complexity index is 469. The molecular formula is C15H22BrNO3. The highest BCUT2D eigenvalue weighted by Crippen LogP contribution is 2.27. The Hall–Kier alpha value is -1.07. The van der Waals surface area contributed by atoms with Crippen LogP contribution in [0, 0.1) is 0 Å². The van der Waals surface area contributed by atoms with E-state index in [-0.39, 0.29) is 12.0 Å². The maximum absolute atomic E-state index is 10.8. The fraction of sp³-hybridized carbons (Fsp3) is 0.533. The molecule has 0 amide bonds. The van der Waals surface area contributed by atoms with Crippen LogP contribution in [0.3, 0.4) is 0 Å². The second-order valence-corrected chi connectivity index (χ2v) is 6.56. The Morgan fingerprint density at radius 3 is 2.50 bits per heavy atom. The number of aliphatic carboxylic acids is 1. The van der Waals surface area contributed by atoms with Crippen molar-refractivity contribution in [3.8, 4) is 5.75 Å². The fourth-order valence-electron chi connectivity index (χ4n) is 1.91. The van der Waals surface area contributed by atoms with Gasteiger partial charge in [-0.3, -0.25) is 9.69 Å². The summed E-state index contributed by atoms with van der Waals surface area (Å²) in [4.78, 5) is 12.9. The first-order valence-corrected chi connectivity index (χ1v) is 7.32. The van der Waals surface area contributed by atoms with Gasteiger partial charge in [0.25, 0.3) is 0 Å². The molecule has 1 aromatic carbocycles. The highest BCUT2D eigenvalue weighted by atomic mass is 79.9. The molecule has 0 radical (unpaired) electrons. The van der Waals surface area contributed by atoms with Crippen molar-refractivity contribution in [3.63, 3.8) is 0 Å². The summed E-state index contributed by atoms with van der Waals surface area (Å²) in [6.45, 7) is 7.51. The maximum Gasteiger partial charge on any atom is 0.304 e. The van der Waals surface area contributed by atoms with E-state index in [0.29, 0.717) is 13.1 Å². The second-order valence-electron chi connectivity index (χ2n) is 5.71. The van der Waals surface area contributed by atoms with Crippen LogP contribution in [0.15, 0.2) is 22.7 Å². The third kappa shape index (κ3) is 5.13. The minimum Gasteiger partial charge on any atom is -0.496 e. The molecule has 1 N–H and O–H groups in total. The van der Waals surface area contributed by atoms with Crippen molar-refractivity contribution in [2.24, 2.45) is 0 Å². The predicted molar refractivity (Wildman–Crippen MR) is 83.1 cm³/mol. The summed E-state index contributed by atoms with van der Waals surface area (Å²) in [6, 6.07) is 5.93. The highest BCUT2D eigenvalue weighted by molar-refractivity contribution is 9.10. The number of hydrogen-bond acceptors (Lipinski definition) is 3. The van der Waals surface area contributed by atoms with Gasteiger partial charge in [-0.2, -0.15) is 0 Å². The number of carboxylic acids is 1. The van der Waals surface area contributed by atoms with Gasteiger partial charge in [-0.15, -0.1) is 0 Å². The zero-order chi connectivity index (χ0) is 15.3. The summed E-state index contributed by atoms with van der Waals surface area (Å²) in [7, 11) is 1.63. The molecule has 0 saturated heterocycles. The Morgan fingerprint density at radius 2 is 2.05 bits per heavy atom. The molecule has 0 aliphatic rings. The van der Waals surface area contributed by atoms with Gasteiger partial charge in [0.2, 0.25) is 0 Å². The molecule has 112 valence electrons. The summed E-state index contributed by atoms with van der Waals surface area (Å²) in [5.74, 6) is 0.0248. The van der Waals surface area contributed by atoms with E-state index >= 15 is 0 Å². The maximum atomic E-state index is 10.8. The van der Waals surface area contributed by atoms with Crippen LogP contribution in [0.2, 0.25) is 0 Å². The lowest BCUT2D eigenvalue weighted by molar-refractivity contribution is -0.137. The summed E-state index contributed by atoms with van der Waals surface area (Å²) in [5, 5.41) is 8.86. The number of methoxy groups -OCH3 is 1. The second kappa shape index (κ2) is 7.09. The van der Waals surface area contributed by atoms with E-state index < -0.39 is 5.97 Å². The van der Waals surface area contributed by atoms with Crippen molar-refractivity contribution in [3.05, 3.63) is 28.2 Å². The Morgan fingerprint density at radius 1 is 1.40 bits per heavy atom. The molecular weight excluding hydrogens is 322 g/mol. The third-order valence-corrected chi connectivity index (χ3v) is 3.75. The first kappa shape index (κ1) is 17.0. The first-order chi connectivity index (χ1) is 9.24. The number of hydrogen-bond donors (Lipinski definition) is 1. The minimum atomic E-state index is -0.768. The fourth-order valence-corrected chi connectivity index (χ4v) is 2.50. The van der Waals surface area contributed by atoms with Crippen molar-refractivity contribution >= 4 is 21.9 Å². The van der Waals surface area contributed by atoms with Gasteiger partial charge in [-0.25, -0.2) is 0 Å². The van der Waals surface area contributed by atoms with Crippen LogP contribution in [-0.4, -0.2) is 35.2 Å². The summed E-state index contributed by atoms with van der Waals surface area (Å²) in [6.07, 6.45) is 0.147. The Labute approximate surface area is 128 Å². The van der Waals surface area contributed by atoms with E-state index in [1.165, 1.54) is 0 Å². The molecule has 5 heteroatoms. The van der Waals surface area contributed by atoms with Crippen molar-refractivity contribution in [2.45, 2.75) is 39.3 Å². The number of ether oxygens (including phenoxy) is 1. The van der Waals surface area contributed by atoms with Crippen molar-refractivity contribution in [2.75, 3.05) is 13.7 Å². The van der Waals surface area contributed by atoms with Crippen LogP contribution in [0.25, 0.3) is 0 Å². The number of halogens is 1. The minimum absolute atomic E-state index is 0.0815. The zero-order valence-corrected chi connectivity index (χ0v) is 14.0. The molecule has 20 heavy (non-hydrogen) atoms. The molecule has 0 aliphatic heterocycles. The largest absolute Gasteiger partial charge is 0.496 e. The van der Waals surface area contributed by atoms with Gasteiger partial charge in [0.1, 0.15) is 5.75 Å². The zero-order valence-electron chi connectivity index (χ0n) is 12.4. The molecule has 4 nitrogen and oxygen atoms in total. The van der Waals surface area contributed by atoms with E-state index in [0.717, 1.165) is 15.8 Å². The van der Waals surface area contributed by atoms with Crippen molar-refractivity contribution in [1.29, 1.82) is 0 Å². The SMILES string of the molecule is COc1ccc(CN(CCC(=O)O)C(C)(C)C)cc1Br. The number of carboxylic acid groups (broad SMARTS) is 1. The average Bonchev–Trinajstić information content (AvgIpc) is 2.33. The highest BCUT2D eigenvalue weighted by Gasteiger charge is 2.22. The van der Waals surface area contributed by atoms with Gasteiger partial charge in [0.15, 0.2) is 0 Å². The monoisotopic (exact) mass is 343 g/mol. The topological polar surface area (TPSA) is 49.8 Å². The third-order valence-electron chi connectivity index (χ3n) is 3.13. The molecule has 0 unspecified atom stereocenters. The van der Waals surface area contributed by atoms with E-state index in [2.05, 4.69) is 41.6 Å². The predicted octanol–water partition coefficient (Wildman–Crippen LogP) is 3.53. The molecule has 0 bridgehead atoms. The van der Waals surface area contributed by atoms with Crippen LogP contribution in [0.4, 0.5) is 0 Å². The molecule has 0 aromatic heterocycles. The number of nitrogens with zero attached hydrogens (tertiary/aromatic N) is 1. The molecule has 0 atom stereocenters. The van der Waals surface area contributed by atoms with E-state index in [9.17, 15) is 4.79 Å². The quantitative estimate of drug-likeness (QED) is 0.858. The van der Waals surface area contributed by atoms with E-state index in [1.54, 1.807) is 7.11 Å². The molecule has 0 heterocycles. The van der Waals surface area contributed by atoms with Gasteiger partial charge in [0, 0.05) is 18.6 Å². The number of rotatable bonds is 6. The lowest BCUT2D eigenvalue weighted by atomic mass is 10.0. The number of carbonyl (C=O) groups is 1. The molecule has 1 rings (SSSR count). The van der Waals surface area contributed by atoms with Gasteiger partial charge >= 0.3 is 5.97 Å². The normalized spacial score (nSPS) is 11.7. The molecule has 0 aliphatic carbocycles. The Kier molecular flexibility index (Phi) is 6.02. The summed E-state index contributed by atoms with van der Waals surface area (Å²) in [5.41, 5.74) is 1.04. The molecule has 0 saturated carbocycles. The van der Waals surface area contributed by atoms with Crippen LogP contribution in [0.5, 0.6) is 5.75 Å². The molecule has 0 spiro atoms. The van der Waals surface area contributed by atoms with Crippen LogP contribution in [0.1, 0.15) is 32.8 Å². The summed E-state index contributed by atoms with van der Waals surface area (Å²) >= 11 is 3.47. The lowest BCUT2D eigenvalue weighted by Crippen LogP contribution is -2.42. The standard InChI is InChI=1S/C15H22BrNO3/c1-15(2,3)17(8-7-14(18)19)10-11-5-6-13(20-4)12(16)9-11/h5-6,9H,7-8,10H2,1-4H3,(H,18,19). The Balaban J connectivity index is 2.84. The smallest absolute Gasteiger partial charge is 0.304 e. The lowest BCUT2D eigenvalue weighted by Gasteiger charge is -2.35. The summed E-state index contributed by atoms with van der Waals surface area (Å²) < 4.78 is 6.12. The van der Waals surface area contributed by atoms with E-state index in [4.69, 9.17) is 9.84 Å². The average molecular weight is 344 g/mol. The first-order valence-electron chi connectivity index (χ1n) is 6.53. The van der Waals surface area contributed by atoms with Crippen LogP contribution < -0.4 is 4.74 Å². The van der Waals surface area contributed by atoms with Crippen LogP contribution >= 0.6 is 15.9 Å². The number of benzene rings is 1. The van der Waals surface area contributed by atoms with Crippen LogP contribution in [-0.2, 0) is 11.3 Å². The van der Waals surface area contributed by atoms with Crippen molar-refractivity contribution < 1.29 is 14.6 Å². The van der Waals surface area contributed by atoms with Crippen molar-refractivity contribution in [1.82, 2.24) is 4.90 Å². The van der Waals surface area contributed by atoms with Gasteiger partial charge < -0.3 is 9.84 Å². The van der Waals surface area contributed by atoms with Gasteiger partial charge in [0.05, 0.1) is 18.0 Å². The molecule has 1 aromatic rings.